The molecule has 0 saturated carbocycles. The molecule has 1 amide bonds. The molecule has 2 aromatic carbocycles. The smallest absolute Gasteiger partial charge is 0.222 e. The molecule has 2 aliphatic rings. The molecule has 0 atom stereocenters. The Bertz CT molecular complexity index is 837. The molecule has 2 heterocycles. The topological polar surface area (TPSA) is 66.0 Å². The first-order valence-electron chi connectivity index (χ1n) is 9.90. The van der Waals surface area contributed by atoms with Gasteiger partial charge in [0.05, 0.1) is 13.1 Å². The summed E-state index contributed by atoms with van der Waals surface area (Å²) in [7, 11) is 0. The lowest BCUT2D eigenvalue weighted by Gasteiger charge is -2.15. The number of hydrogen-bond donors (Lipinski definition) is 2. The number of nitrogens with one attached hydrogen (secondary N) is 2. The number of halogens is 1. The standard InChI is InChI=1S/C22H26N4O2.ClH/c27-21-2-1-13-26(21)14-15-28-20-9-5-18(6-10-20)16-17-3-7-19(8-4-17)25-22-23-11-12-24-22;/h3-10H,1-2,11-16H2,(H2,23,24,25);1H. The van der Waals surface area contributed by atoms with Gasteiger partial charge in [0, 0.05) is 25.2 Å². The molecule has 2 N–H and O–H groups in total. The SMILES string of the molecule is Cl.O=C1CCCN1CCOc1ccc(Cc2ccc(NC3=NCCN3)cc2)cc1. The van der Waals surface area contributed by atoms with Crippen LogP contribution in [0.5, 0.6) is 5.75 Å². The molecular formula is C22H27ClN4O2. The van der Waals surface area contributed by atoms with Crippen LogP contribution in [0.3, 0.4) is 0 Å². The minimum atomic E-state index is 0. The molecule has 0 radical (unpaired) electrons. The summed E-state index contributed by atoms with van der Waals surface area (Å²) in [6, 6.07) is 16.6. The molecule has 2 aromatic rings. The highest BCUT2D eigenvalue weighted by atomic mass is 35.5. The van der Waals surface area contributed by atoms with Gasteiger partial charge in [-0.3, -0.25) is 9.79 Å². The summed E-state index contributed by atoms with van der Waals surface area (Å²) in [6.45, 7) is 3.80. The van der Waals surface area contributed by atoms with Gasteiger partial charge in [-0.25, -0.2) is 0 Å². The first-order valence-corrected chi connectivity index (χ1v) is 9.90. The molecule has 7 heteroatoms. The van der Waals surface area contributed by atoms with E-state index in [0.717, 1.165) is 49.9 Å². The normalized spacial score (nSPS) is 15.5. The second-order valence-corrected chi connectivity index (χ2v) is 7.13. The number of aliphatic imine (C=N–C) groups is 1. The van der Waals surface area contributed by atoms with Crippen molar-refractivity contribution in [1.82, 2.24) is 10.2 Å². The van der Waals surface area contributed by atoms with Crippen molar-refractivity contribution in [1.29, 1.82) is 0 Å². The average molecular weight is 415 g/mol. The van der Waals surface area contributed by atoms with Gasteiger partial charge < -0.3 is 20.3 Å². The van der Waals surface area contributed by atoms with Gasteiger partial charge >= 0.3 is 0 Å². The summed E-state index contributed by atoms with van der Waals surface area (Å²) < 4.78 is 5.78. The van der Waals surface area contributed by atoms with Crippen LogP contribution in [-0.2, 0) is 11.2 Å². The molecule has 6 nitrogen and oxygen atoms in total. The van der Waals surface area contributed by atoms with Crippen molar-refractivity contribution in [3.05, 3.63) is 59.7 Å². The van der Waals surface area contributed by atoms with Crippen LogP contribution in [0.4, 0.5) is 5.69 Å². The highest BCUT2D eigenvalue weighted by molar-refractivity contribution is 5.94. The number of hydrogen-bond acceptors (Lipinski definition) is 5. The van der Waals surface area contributed by atoms with E-state index in [1.807, 2.05) is 17.0 Å². The first kappa shape index (κ1) is 21.0. The van der Waals surface area contributed by atoms with E-state index < -0.39 is 0 Å². The summed E-state index contributed by atoms with van der Waals surface area (Å²) in [6.07, 6.45) is 2.52. The molecular weight excluding hydrogens is 388 g/mol. The van der Waals surface area contributed by atoms with Crippen molar-refractivity contribution in [2.75, 3.05) is 38.1 Å². The highest BCUT2D eigenvalue weighted by Crippen LogP contribution is 2.17. The van der Waals surface area contributed by atoms with Crippen molar-refractivity contribution < 1.29 is 9.53 Å². The van der Waals surface area contributed by atoms with Gasteiger partial charge in [0.1, 0.15) is 12.4 Å². The highest BCUT2D eigenvalue weighted by Gasteiger charge is 2.19. The Balaban J connectivity index is 0.00000240. The predicted octanol–water partition coefficient (Wildman–Crippen LogP) is 3.07. The average Bonchev–Trinajstić information content (AvgIpc) is 3.37. The van der Waals surface area contributed by atoms with Crippen LogP contribution in [0.2, 0.25) is 0 Å². The molecule has 154 valence electrons. The number of carbonyl (C=O) groups excluding carboxylic acids is 1. The molecule has 0 bridgehead atoms. The maximum atomic E-state index is 11.6. The molecule has 1 fully saturated rings. The Hall–Kier alpha value is -2.73. The summed E-state index contributed by atoms with van der Waals surface area (Å²) in [5, 5.41) is 6.48. The van der Waals surface area contributed by atoms with E-state index >= 15 is 0 Å². The van der Waals surface area contributed by atoms with Gasteiger partial charge in [-0.15, -0.1) is 12.4 Å². The summed E-state index contributed by atoms with van der Waals surface area (Å²) in [5.41, 5.74) is 3.54. The molecule has 29 heavy (non-hydrogen) atoms. The molecule has 4 rings (SSSR count). The van der Waals surface area contributed by atoms with Crippen LogP contribution in [-0.4, -0.2) is 49.6 Å². The predicted molar refractivity (Wildman–Crippen MR) is 118 cm³/mol. The Kier molecular flexibility index (Phi) is 7.36. The Labute approximate surface area is 177 Å². The maximum absolute atomic E-state index is 11.6. The number of carbonyl (C=O) groups is 1. The van der Waals surface area contributed by atoms with Gasteiger partial charge in [-0.05, 0) is 48.2 Å². The fraction of sp³-hybridized carbons (Fsp3) is 0.364. The molecule has 0 aliphatic carbocycles. The number of benzene rings is 2. The van der Waals surface area contributed by atoms with E-state index in [4.69, 9.17) is 4.74 Å². The minimum Gasteiger partial charge on any atom is -0.492 e. The quantitative estimate of drug-likeness (QED) is 0.730. The summed E-state index contributed by atoms with van der Waals surface area (Å²) in [4.78, 5) is 17.8. The van der Waals surface area contributed by atoms with Crippen molar-refractivity contribution >= 4 is 30.0 Å². The largest absolute Gasteiger partial charge is 0.492 e. The number of likely N-dealkylation sites (tertiary alicyclic amines) is 1. The number of rotatable bonds is 7. The van der Waals surface area contributed by atoms with Gasteiger partial charge in [0.2, 0.25) is 5.91 Å². The van der Waals surface area contributed by atoms with Crippen molar-refractivity contribution in [2.45, 2.75) is 19.3 Å². The van der Waals surface area contributed by atoms with Crippen LogP contribution in [0.15, 0.2) is 53.5 Å². The van der Waals surface area contributed by atoms with Gasteiger partial charge in [0.15, 0.2) is 5.96 Å². The van der Waals surface area contributed by atoms with E-state index in [1.165, 1.54) is 11.1 Å². The van der Waals surface area contributed by atoms with Crippen molar-refractivity contribution in [3.63, 3.8) is 0 Å². The van der Waals surface area contributed by atoms with Gasteiger partial charge in [0.25, 0.3) is 0 Å². The monoisotopic (exact) mass is 414 g/mol. The fourth-order valence-electron chi connectivity index (χ4n) is 3.48. The molecule has 0 spiro atoms. The number of guanidine groups is 1. The Morgan fingerprint density at radius 3 is 2.41 bits per heavy atom. The second-order valence-electron chi connectivity index (χ2n) is 7.13. The van der Waals surface area contributed by atoms with Gasteiger partial charge in [-0.2, -0.15) is 0 Å². The van der Waals surface area contributed by atoms with Crippen molar-refractivity contribution in [2.24, 2.45) is 4.99 Å². The van der Waals surface area contributed by atoms with Gasteiger partial charge in [-0.1, -0.05) is 24.3 Å². The Morgan fingerprint density at radius 1 is 1.07 bits per heavy atom. The van der Waals surface area contributed by atoms with E-state index in [9.17, 15) is 4.79 Å². The van der Waals surface area contributed by atoms with Crippen LogP contribution in [0, 0.1) is 0 Å². The van der Waals surface area contributed by atoms with Crippen LogP contribution >= 0.6 is 12.4 Å². The zero-order chi connectivity index (χ0) is 19.2. The molecule has 0 unspecified atom stereocenters. The Morgan fingerprint density at radius 2 is 1.79 bits per heavy atom. The minimum absolute atomic E-state index is 0. The number of nitrogens with zero attached hydrogens (tertiary/aromatic N) is 2. The van der Waals surface area contributed by atoms with E-state index in [-0.39, 0.29) is 18.3 Å². The molecule has 0 aromatic heterocycles. The number of anilines is 1. The van der Waals surface area contributed by atoms with Crippen LogP contribution in [0.1, 0.15) is 24.0 Å². The molecule has 1 saturated heterocycles. The molecule has 2 aliphatic heterocycles. The lowest BCUT2D eigenvalue weighted by Crippen LogP contribution is -2.29. The number of ether oxygens (including phenoxy) is 1. The third-order valence-corrected chi connectivity index (χ3v) is 5.02. The first-order chi connectivity index (χ1) is 13.8. The van der Waals surface area contributed by atoms with Crippen LogP contribution in [0.25, 0.3) is 0 Å². The summed E-state index contributed by atoms with van der Waals surface area (Å²) in [5.74, 6) is 1.94. The third-order valence-electron chi connectivity index (χ3n) is 5.02. The van der Waals surface area contributed by atoms with E-state index in [2.05, 4.69) is 52.0 Å². The second kappa shape index (κ2) is 10.2. The zero-order valence-corrected chi connectivity index (χ0v) is 17.2. The van der Waals surface area contributed by atoms with E-state index in [0.29, 0.717) is 19.6 Å². The van der Waals surface area contributed by atoms with E-state index in [1.54, 1.807) is 0 Å². The summed E-state index contributed by atoms with van der Waals surface area (Å²) >= 11 is 0. The fourth-order valence-corrected chi connectivity index (χ4v) is 3.48. The van der Waals surface area contributed by atoms with Crippen LogP contribution < -0.4 is 15.4 Å². The lowest BCUT2D eigenvalue weighted by atomic mass is 10.0. The number of amides is 1. The third kappa shape index (κ3) is 5.87. The maximum Gasteiger partial charge on any atom is 0.222 e. The lowest BCUT2D eigenvalue weighted by molar-refractivity contribution is -0.128. The zero-order valence-electron chi connectivity index (χ0n) is 16.4. The van der Waals surface area contributed by atoms with Crippen molar-refractivity contribution in [3.8, 4) is 5.75 Å².